The van der Waals surface area contributed by atoms with Crippen molar-refractivity contribution in [2.24, 2.45) is 0 Å². The van der Waals surface area contributed by atoms with Gasteiger partial charge in [0, 0.05) is 48.5 Å². The Morgan fingerprint density at radius 3 is 2.62 bits per heavy atom. The van der Waals surface area contributed by atoms with Crippen LogP contribution in [-0.2, 0) is 25.7 Å². The summed E-state index contributed by atoms with van der Waals surface area (Å²) in [5, 5.41) is 0. The third-order valence-corrected chi connectivity index (χ3v) is 5.23. The highest BCUT2D eigenvalue weighted by molar-refractivity contribution is 9.10. The van der Waals surface area contributed by atoms with Gasteiger partial charge < -0.3 is 4.98 Å². The van der Waals surface area contributed by atoms with Gasteiger partial charge in [-0.25, -0.2) is 4.98 Å². The topological polar surface area (TPSA) is 61.9 Å². The number of aromatic nitrogens is 3. The summed E-state index contributed by atoms with van der Waals surface area (Å²) in [6.07, 6.45) is -0.306. The lowest BCUT2D eigenvalue weighted by molar-refractivity contribution is -0.137. The second-order valence-corrected chi connectivity index (χ2v) is 7.80. The number of halogens is 4. The Labute approximate surface area is 172 Å². The molecule has 0 fully saturated rings. The van der Waals surface area contributed by atoms with Crippen LogP contribution in [0.25, 0.3) is 11.4 Å². The van der Waals surface area contributed by atoms with E-state index in [1.54, 1.807) is 12.4 Å². The molecule has 0 saturated carbocycles. The van der Waals surface area contributed by atoms with Gasteiger partial charge in [0.25, 0.3) is 5.56 Å². The number of benzene rings is 1. The molecule has 0 bridgehead atoms. The molecule has 150 valence electrons. The molecule has 2 aromatic heterocycles. The van der Waals surface area contributed by atoms with Crippen LogP contribution in [0.2, 0.25) is 0 Å². The van der Waals surface area contributed by atoms with Crippen molar-refractivity contribution in [3.63, 3.8) is 0 Å². The van der Waals surface area contributed by atoms with Crippen molar-refractivity contribution in [2.75, 3.05) is 6.54 Å². The first-order chi connectivity index (χ1) is 13.8. The van der Waals surface area contributed by atoms with E-state index in [0.717, 1.165) is 28.7 Å². The highest BCUT2D eigenvalue weighted by Gasteiger charge is 2.30. The fraction of sp³-hybridized carbons (Fsp3) is 0.250. The Bertz CT molecular complexity index is 1100. The average molecular weight is 465 g/mol. The maximum Gasteiger partial charge on any atom is 0.416 e. The van der Waals surface area contributed by atoms with Gasteiger partial charge in [0.15, 0.2) is 0 Å². The standard InChI is InChI=1S/C20H16BrF3N4O/c21-15-7-12(8-25-9-15)10-28-6-5-17-16(11-28)19(29)27-18(26-17)13-1-3-14(4-2-13)20(22,23)24/h1-4,7-9H,5-6,10-11H2,(H,26,27,29). The Morgan fingerprint density at radius 1 is 1.17 bits per heavy atom. The maximum absolute atomic E-state index is 12.7. The quantitative estimate of drug-likeness (QED) is 0.631. The van der Waals surface area contributed by atoms with Crippen molar-refractivity contribution in [3.05, 3.63) is 79.9 Å². The van der Waals surface area contributed by atoms with Gasteiger partial charge in [-0.2, -0.15) is 13.2 Å². The van der Waals surface area contributed by atoms with Crippen LogP contribution in [0.5, 0.6) is 0 Å². The fourth-order valence-electron chi connectivity index (χ4n) is 3.37. The summed E-state index contributed by atoms with van der Waals surface area (Å²) >= 11 is 3.40. The molecular weight excluding hydrogens is 449 g/mol. The molecule has 4 rings (SSSR count). The van der Waals surface area contributed by atoms with E-state index >= 15 is 0 Å². The van der Waals surface area contributed by atoms with Crippen molar-refractivity contribution >= 4 is 15.9 Å². The van der Waals surface area contributed by atoms with Gasteiger partial charge in [-0.3, -0.25) is 14.7 Å². The molecule has 3 heterocycles. The van der Waals surface area contributed by atoms with Gasteiger partial charge in [0.05, 0.1) is 16.8 Å². The van der Waals surface area contributed by atoms with E-state index in [9.17, 15) is 18.0 Å². The number of nitrogens with zero attached hydrogens (tertiary/aromatic N) is 3. The smallest absolute Gasteiger partial charge is 0.306 e. The van der Waals surface area contributed by atoms with E-state index in [1.807, 2.05) is 6.07 Å². The average Bonchev–Trinajstić information content (AvgIpc) is 2.68. The van der Waals surface area contributed by atoms with E-state index in [4.69, 9.17) is 0 Å². The molecule has 0 spiro atoms. The first-order valence-corrected chi connectivity index (χ1v) is 9.70. The molecule has 0 aliphatic carbocycles. The predicted octanol–water partition coefficient (Wildman–Crippen LogP) is 4.17. The summed E-state index contributed by atoms with van der Waals surface area (Å²) in [5.74, 6) is 0.284. The minimum Gasteiger partial charge on any atom is -0.306 e. The van der Waals surface area contributed by atoms with Crippen LogP contribution in [-0.4, -0.2) is 26.4 Å². The van der Waals surface area contributed by atoms with Crippen LogP contribution >= 0.6 is 15.9 Å². The summed E-state index contributed by atoms with van der Waals surface area (Å²) in [6, 6.07) is 6.61. The van der Waals surface area contributed by atoms with Crippen LogP contribution in [0.3, 0.4) is 0 Å². The first kappa shape index (κ1) is 19.8. The van der Waals surface area contributed by atoms with Crippen LogP contribution in [0.15, 0.2) is 52.0 Å². The van der Waals surface area contributed by atoms with Crippen molar-refractivity contribution in [3.8, 4) is 11.4 Å². The fourth-order valence-corrected chi connectivity index (χ4v) is 3.78. The zero-order valence-electron chi connectivity index (χ0n) is 15.1. The highest BCUT2D eigenvalue weighted by Crippen LogP contribution is 2.30. The normalized spacial score (nSPS) is 14.6. The number of aromatic amines is 1. The monoisotopic (exact) mass is 464 g/mol. The minimum absolute atomic E-state index is 0.262. The number of fused-ring (bicyclic) bond motifs is 1. The van der Waals surface area contributed by atoms with E-state index in [2.05, 4.69) is 35.8 Å². The summed E-state index contributed by atoms with van der Waals surface area (Å²) in [6.45, 7) is 1.84. The van der Waals surface area contributed by atoms with Crippen LogP contribution in [0, 0.1) is 0 Å². The van der Waals surface area contributed by atoms with E-state index in [0.29, 0.717) is 36.3 Å². The SMILES string of the molecule is O=c1[nH]c(-c2ccc(C(F)(F)F)cc2)nc2c1CN(Cc1cncc(Br)c1)CC2. The first-order valence-electron chi connectivity index (χ1n) is 8.91. The highest BCUT2D eigenvalue weighted by atomic mass is 79.9. The summed E-state index contributed by atoms with van der Waals surface area (Å²) < 4.78 is 39.1. The number of rotatable bonds is 3. The van der Waals surface area contributed by atoms with Gasteiger partial charge >= 0.3 is 6.18 Å². The lowest BCUT2D eigenvalue weighted by Crippen LogP contribution is -2.35. The number of alkyl halides is 3. The van der Waals surface area contributed by atoms with Crippen LogP contribution < -0.4 is 5.56 Å². The largest absolute Gasteiger partial charge is 0.416 e. The molecular formula is C20H16BrF3N4O. The van der Waals surface area contributed by atoms with Crippen molar-refractivity contribution in [1.82, 2.24) is 19.9 Å². The number of pyridine rings is 1. The molecule has 0 atom stereocenters. The van der Waals surface area contributed by atoms with Crippen LogP contribution in [0.4, 0.5) is 13.2 Å². The summed E-state index contributed by atoms with van der Waals surface area (Å²) in [5.41, 5.74) is 1.76. The third kappa shape index (κ3) is 4.40. The zero-order chi connectivity index (χ0) is 20.6. The molecule has 5 nitrogen and oxygen atoms in total. The number of hydrogen-bond acceptors (Lipinski definition) is 4. The lowest BCUT2D eigenvalue weighted by atomic mass is 10.1. The molecule has 0 amide bonds. The lowest BCUT2D eigenvalue weighted by Gasteiger charge is -2.27. The third-order valence-electron chi connectivity index (χ3n) is 4.80. The summed E-state index contributed by atoms with van der Waals surface area (Å²) in [4.78, 5) is 26.1. The van der Waals surface area contributed by atoms with E-state index in [1.165, 1.54) is 12.1 Å². The van der Waals surface area contributed by atoms with Gasteiger partial charge in [-0.1, -0.05) is 12.1 Å². The van der Waals surface area contributed by atoms with Crippen LogP contribution in [0.1, 0.15) is 22.4 Å². The number of nitrogens with one attached hydrogen (secondary N) is 1. The van der Waals surface area contributed by atoms with Gasteiger partial charge in [0.1, 0.15) is 5.82 Å². The molecule has 9 heteroatoms. The van der Waals surface area contributed by atoms with Crippen molar-refractivity contribution < 1.29 is 13.2 Å². The second kappa shape index (κ2) is 7.72. The Kier molecular flexibility index (Phi) is 5.26. The molecule has 0 radical (unpaired) electrons. The Morgan fingerprint density at radius 2 is 1.93 bits per heavy atom. The molecule has 0 unspecified atom stereocenters. The van der Waals surface area contributed by atoms with Crippen molar-refractivity contribution in [1.29, 1.82) is 0 Å². The van der Waals surface area contributed by atoms with Gasteiger partial charge in [0.2, 0.25) is 0 Å². The second-order valence-electron chi connectivity index (χ2n) is 6.89. The molecule has 3 aromatic rings. The molecule has 1 aliphatic heterocycles. The predicted molar refractivity (Wildman–Crippen MR) is 105 cm³/mol. The Balaban J connectivity index is 1.56. The molecule has 1 aliphatic rings. The van der Waals surface area contributed by atoms with Crippen molar-refractivity contribution in [2.45, 2.75) is 25.7 Å². The molecule has 29 heavy (non-hydrogen) atoms. The van der Waals surface area contributed by atoms with E-state index in [-0.39, 0.29) is 11.4 Å². The van der Waals surface area contributed by atoms with Gasteiger partial charge in [-0.05, 0) is 39.7 Å². The maximum atomic E-state index is 12.7. The van der Waals surface area contributed by atoms with Gasteiger partial charge in [-0.15, -0.1) is 0 Å². The van der Waals surface area contributed by atoms with E-state index < -0.39 is 11.7 Å². The number of H-pyrrole nitrogens is 1. The Hall–Kier alpha value is -2.52. The minimum atomic E-state index is -4.40. The molecule has 0 saturated heterocycles. The molecule has 1 aromatic carbocycles. The number of hydrogen-bond donors (Lipinski definition) is 1. The molecule has 1 N–H and O–H groups in total. The summed E-state index contributed by atoms with van der Waals surface area (Å²) in [7, 11) is 0. The zero-order valence-corrected chi connectivity index (χ0v) is 16.7.